The number of hydrogen-bond acceptors (Lipinski definition) is 6. The zero-order valence-corrected chi connectivity index (χ0v) is 19.7. The van der Waals surface area contributed by atoms with Gasteiger partial charge in [-0.05, 0) is 43.2 Å². The summed E-state index contributed by atoms with van der Waals surface area (Å²) in [5, 5.41) is 7.74. The Kier molecular flexibility index (Phi) is 7.67. The number of aromatic nitrogens is 1. The van der Waals surface area contributed by atoms with E-state index in [1.807, 2.05) is 6.07 Å². The number of nitrogens with zero attached hydrogens (tertiary/aromatic N) is 1. The molecule has 0 aliphatic carbocycles. The molecule has 0 aliphatic heterocycles. The van der Waals surface area contributed by atoms with Crippen LogP contribution in [0.15, 0.2) is 47.4 Å². The third-order valence-corrected chi connectivity index (χ3v) is 6.18. The van der Waals surface area contributed by atoms with Gasteiger partial charge in [-0.15, -0.1) is 0 Å². The molecule has 0 saturated carbocycles. The summed E-state index contributed by atoms with van der Waals surface area (Å²) < 4.78 is 36.1. The summed E-state index contributed by atoms with van der Waals surface area (Å²) >= 11 is 0. The lowest BCUT2D eigenvalue weighted by Crippen LogP contribution is -2.07. The summed E-state index contributed by atoms with van der Waals surface area (Å²) in [6.45, 7) is 4.67. The number of hydrogen-bond donors (Lipinski definition) is 2. The van der Waals surface area contributed by atoms with Crippen molar-refractivity contribution >= 4 is 32.1 Å². The summed E-state index contributed by atoms with van der Waals surface area (Å²) in [7, 11) is -0.0979. The van der Waals surface area contributed by atoms with E-state index in [0.29, 0.717) is 24.6 Å². The Morgan fingerprint density at radius 3 is 2.56 bits per heavy atom. The summed E-state index contributed by atoms with van der Waals surface area (Å²) in [5.41, 5.74) is 3.81. The predicted molar refractivity (Wildman–Crippen MR) is 129 cm³/mol. The highest BCUT2D eigenvalue weighted by atomic mass is 32.2. The molecule has 0 atom stereocenters. The molecule has 0 radical (unpaired) electrons. The third kappa shape index (κ3) is 5.36. The summed E-state index contributed by atoms with van der Waals surface area (Å²) in [6.07, 6.45) is 1.17. The number of ether oxygens (including phenoxy) is 2. The first kappa shape index (κ1) is 23.5. The molecule has 2 N–H and O–H groups in total. The van der Waals surface area contributed by atoms with Gasteiger partial charge in [0.1, 0.15) is 5.75 Å². The van der Waals surface area contributed by atoms with Crippen LogP contribution in [-0.4, -0.2) is 53.2 Å². The standard InChI is InChI=1S/C24H29N3O4S/c1-5-27-18(16-20-21(26-14-15-30-2)9-6-10-23(20)27)8-7-13-25-22-12-11-19(32(4,28)29)17-24(22)31-3/h6,9-12,16-17,25-26H,5,13-15H2,1-4H3. The molecule has 3 rings (SSSR count). The van der Waals surface area contributed by atoms with Crippen molar-refractivity contribution in [2.75, 3.05) is 50.8 Å². The van der Waals surface area contributed by atoms with Crippen molar-refractivity contribution in [2.24, 2.45) is 0 Å². The van der Waals surface area contributed by atoms with Crippen molar-refractivity contribution in [2.45, 2.75) is 18.4 Å². The predicted octanol–water partition coefficient (Wildman–Crippen LogP) is 3.60. The summed E-state index contributed by atoms with van der Waals surface area (Å²) in [4.78, 5) is 0.216. The Hall–Kier alpha value is -3.15. The van der Waals surface area contributed by atoms with E-state index in [4.69, 9.17) is 9.47 Å². The van der Waals surface area contributed by atoms with Crippen LogP contribution in [-0.2, 0) is 21.1 Å². The van der Waals surface area contributed by atoms with Crippen LogP contribution in [0.3, 0.4) is 0 Å². The van der Waals surface area contributed by atoms with Crippen LogP contribution in [0, 0.1) is 11.8 Å². The lowest BCUT2D eigenvalue weighted by Gasteiger charge is -2.10. The molecule has 0 aliphatic rings. The molecule has 3 aromatic rings. The minimum absolute atomic E-state index is 0.216. The molecule has 1 aromatic heterocycles. The highest BCUT2D eigenvalue weighted by molar-refractivity contribution is 7.90. The van der Waals surface area contributed by atoms with Crippen molar-refractivity contribution in [3.05, 3.63) is 48.2 Å². The van der Waals surface area contributed by atoms with Gasteiger partial charge in [0.15, 0.2) is 9.84 Å². The fourth-order valence-corrected chi connectivity index (χ4v) is 4.13. The minimum Gasteiger partial charge on any atom is -0.495 e. The molecule has 0 fully saturated rings. The third-order valence-electron chi connectivity index (χ3n) is 5.07. The maximum Gasteiger partial charge on any atom is 0.175 e. The van der Waals surface area contributed by atoms with Crippen LogP contribution in [0.25, 0.3) is 10.9 Å². The number of rotatable bonds is 9. The van der Waals surface area contributed by atoms with E-state index in [2.05, 4.69) is 52.2 Å². The number of sulfone groups is 1. The Morgan fingerprint density at radius 2 is 1.88 bits per heavy atom. The highest BCUT2D eigenvalue weighted by Gasteiger charge is 2.12. The van der Waals surface area contributed by atoms with E-state index in [1.54, 1.807) is 19.2 Å². The molecule has 0 spiro atoms. The Morgan fingerprint density at radius 1 is 1.06 bits per heavy atom. The SMILES string of the molecule is CCn1c(C#CCNc2ccc(S(C)(=O)=O)cc2OC)cc2c(NCCOC)cccc21. The maximum absolute atomic E-state index is 11.8. The van der Waals surface area contributed by atoms with Gasteiger partial charge in [-0.1, -0.05) is 12.0 Å². The number of nitrogens with one attached hydrogen (secondary N) is 2. The van der Waals surface area contributed by atoms with Crippen molar-refractivity contribution in [1.29, 1.82) is 0 Å². The fourth-order valence-electron chi connectivity index (χ4n) is 3.49. The first-order valence-corrected chi connectivity index (χ1v) is 12.2. The first-order valence-electron chi connectivity index (χ1n) is 10.3. The normalized spacial score (nSPS) is 11.1. The number of fused-ring (bicyclic) bond motifs is 1. The van der Waals surface area contributed by atoms with Gasteiger partial charge in [-0.25, -0.2) is 8.42 Å². The minimum atomic E-state index is -3.30. The summed E-state index contributed by atoms with van der Waals surface area (Å²) in [5.74, 6) is 6.87. The number of aryl methyl sites for hydroxylation is 1. The number of methoxy groups -OCH3 is 2. The van der Waals surface area contributed by atoms with E-state index >= 15 is 0 Å². The molecule has 0 unspecified atom stereocenters. The molecular formula is C24H29N3O4S. The molecule has 170 valence electrons. The van der Waals surface area contributed by atoms with Crippen molar-refractivity contribution in [3.63, 3.8) is 0 Å². The van der Waals surface area contributed by atoms with Gasteiger partial charge < -0.3 is 24.7 Å². The zero-order chi connectivity index (χ0) is 23.1. The van der Waals surface area contributed by atoms with Crippen LogP contribution < -0.4 is 15.4 Å². The van der Waals surface area contributed by atoms with Gasteiger partial charge in [0, 0.05) is 43.6 Å². The zero-order valence-electron chi connectivity index (χ0n) is 18.9. The van der Waals surface area contributed by atoms with Crippen molar-refractivity contribution < 1.29 is 17.9 Å². The molecule has 0 amide bonds. The molecule has 8 heteroatoms. The molecule has 0 saturated heterocycles. The average molecular weight is 456 g/mol. The van der Waals surface area contributed by atoms with E-state index in [9.17, 15) is 8.42 Å². The maximum atomic E-state index is 11.8. The molecular weight excluding hydrogens is 426 g/mol. The van der Waals surface area contributed by atoms with Crippen LogP contribution >= 0.6 is 0 Å². The van der Waals surface area contributed by atoms with E-state index in [1.165, 1.54) is 19.4 Å². The van der Waals surface area contributed by atoms with Gasteiger partial charge >= 0.3 is 0 Å². The van der Waals surface area contributed by atoms with Gasteiger partial charge in [-0.3, -0.25) is 0 Å². The molecule has 7 nitrogen and oxygen atoms in total. The smallest absolute Gasteiger partial charge is 0.175 e. The lowest BCUT2D eigenvalue weighted by atomic mass is 10.2. The second-order valence-corrected chi connectivity index (χ2v) is 9.24. The number of anilines is 2. The van der Waals surface area contributed by atoms with Crippen LogP contribution in [0.5, 0.6) is 5.75 Å². The van der Waals surface area contributed by atoms with Crippen molar-refractivity contribution in [3.8, 4) is 17.6 Å². The average Bonchev–Trinajstić information content (AvgIpc) is 3.14. The van der Waals surface area contributed by atoms with Gasteiger partial charge in [0.2, 0.25) is 0 Å². The number of benzene rings is 2. The summed E-state index contributed by atoms with van der Waals surface area (Å²) in [6, 6.07) is 13.1. The van der Waals surface area contributed by atoms with E-state index < -0.39 is 9.84 Å². The molecule has 2 aromatic carbocycles. The van der Waals surface area contributed by atoms with Gasteiger partial charge in [0.05, 0.1) is 42.1 Å². The lowest BCUT2D eigenvalue weighted by molar-refractivity contribution is 0.211. The van der Waals surface area contributed by atoms with Gasteiger partial charge in [0.25, 0.3) is 0 Å². The van der Waals surface area contributed by atoms with Crippen LogP contribution in [0.1, 0.15) is 12.6 Å². The monoisotopic (exact) mass is 455 g/mol. The Labute approximate surface area is 189 Å². The first-order chi connectivity index (χ1) is 15.4. The largest absolute Gasteiger partial charge is 0.495 e. The topological polar surface area (TPSA) is 81.6 Å². The second kappa shape index (κ2) is 10.4. The van der Waals surface area contributed by atoms with Crippen LogP contribution in [0.4, 0.5) is 11.4 Å². The van der Waals surface area contributed by atoms with E-state index in [0.717, 1.165) is 35.4 Å². The Balaban J connectivity index is 1.80. The highest BCUT2D eigenvalue weighted by Crippen LogP contribution is 2.28. The van der Waals surface area contributed by atoms with E-state index in [-0.39, 0.29) is 4.90 Å². The Bertz CT molecular complexity index is 1250. The van der Waals surface area contributed by atoms with Crippen molar-refractivity contribution in [1.82, 2.24) is 4.57 Å². The molecule has 32 heavy (non-hydrogen) atoms. The molecule has 0 bridgehead atoms. The molecule has 1 heterocycles. The second-order valence-electron chi connectivity index (χ2n) is 7.22. The van der Waals surface area contributed by atoms with Gasteiger partial charge in [-0.2, -0.15) is 0 Å². The quantitative estimate of drug-likeness (QED) is 0.379. The fraction of sp³-hybridized carbons (Fsp3) is 0.333. The van der Waals surface area contributed by atoms with Crippen LogP contribution in [0.2, 0.25) is 0 Å².